The zero-order valence-electron chi connectivity index (χ0n) is 16.4. The molecule has 0 aliphatic carbocycles. The highest BCUT2D eigenvalue weighted by atomic mass is 16.2. The highest BCUT2D eigenvalue weighted by Crippen LogP contribution is 2.14. The molecule has 3 unspecified atom stereocenters. The number of hydrogen-bond acceptors (Lipinski definition) is 8. The summed E-state index contributed by atoms with van der Waals surface area (Å²) >= 11 is 0. The molecule has 0 aromatic carbocycles. The van der Waals surface area contributed by atoms with Crippen LogP contribution in [-0.4, -0.2) is 60.8 Å². The van der Waals surface area contributed by atoms with Crippen molar-refractivity contribution in [3.8, 4) is 0 Å². The number of hydrogen-bond donors (Lipinski definition) is 5. The first-order chi connectivity index (χ1) is 12.9. The average Bonchev–Trinajstić information content (AvgIpc) is 2.66. The molecule has 9 nitrogen and oxygen atoms in total. The standard InChI is InChI=1S/C18H38N6O3/c19-10-4-1-7-14(13-25)24(17(26)15(22)8-2-5-11-20)18(27)16(23)9-3-6-12-21/h13-16H,1-12,19-23H2. The second kappa shape index (κ2) is 15.6. The Hall–Kier alpha value is -1.39. The van der Waals surface area contributed by atoms with Gasteiger partial charge in [-0.2, -0.15) is 0 Å². The Morgan fingerprint density at radius 3 is 1.41 bits per heavy atom. The quantitative estimate of drug-likeness (QED) is 0.164. The third-order valence-corrected chi connectivity index (χ3v) is 4.49. The van der Waals surface area contributed by atoms with Crippen LogP contribution < -0.4 is 28.7 Å². The van der Waals surface area contributed by atoms with Crippen LogP contribution in [0.25, 0.3) is 0 Å². The van der Waals surface area contributed by atoms with Gasteiger partial charge in [0.15, 0.2) is 0 Å². The fourth-order valence-electron chi connectivity index (χ4n) is 2.81. The summed E-state index contributed by atoms with van der Waals surface area (Å²) in [7, 11) is 0. The van der Waals surface area contributed by atoms with Crippen molar-refractivity contribution in [3.63, 3.8) is 0 Å². The number of imide groups is 1. The lowest BCUT2D eigenvalue weighted by Crippen LogP contribution is -2.56. The Labute approximate surface area is 162 Å². The van der Waals surface area contributed by atoms with Crippen molar-refractivity contribution in [1.82, 2.24) is 4.90 Å². The zero-order valence-corrected chi connectivity index (χ0v) is 16.4. The summed E-state index contributed by atoms with van der Waals surface area (Å²) in [6.45, 7) is 1.49. The molecule has 10 N–H and O–H groups in total. The number of rotatable bonds is 16. The molecule has 3 atom stereocenters. The van der Waals surface area contributed by atoms with Gasteiger partial charge in [0.2, 0.25) is 11.8 Å². The van der Waals surface area contributed by atoms with Gasteiger partial charge in [-0.3, -0.25) is 14.5 Å². The van der Waals surface area contributed by atoms with Crippen LogP contribution in [0.15, 0.2) is 0 Å². The Bertz CT molecular complexity index is 407. The van der Waals surface area contributed by atoms with E-state index in [1.165, 1.54) is 0 Å². The summed E-state index contributed by atoms with van der Waals surface area (Å²) in [4.78, 5) is 38.3. The van der Waals surface area contributed by atoms with E-state index in [1.54, 1.807) is 0 Å². The topological polar surface area (TPSA) is 185 Å². The monoisotopic (exact) mass is 386 g/mol. The minimum Gasteiger partial charge on any atom is -0.330 e. The fourth-order valence-corrected chi connectivity index (χ4v) is 2.81. The highest BCUT2D eigenvalue weighted by molar-refractivity contribution is 6.02. The van der Waals surface area contributed by atoms with E-state index in [4.69, 9.17) is 28.7 Å². The third-order valence-electron chi connectivity index (χ3n) is 4.49. The van der Waals surface area contributed by atoms with Gasteiger partial charge in [0, 0.05) is 0 Å². The minimum atomic E-state index is -0.877. The maximum Gasteiger partial charge on any atom is 0.246 e. The van der Waals surface area contributed by atoms with Crippen molar-refractivity contribution >= 4 is 18.1 Å². The van der Waals surface area contributed by atoms with E-state index in [2.05, 4.69) is 0 Å². The van der Waals surface area contributed by atoms with E-state index >= 15 is 0 Å². The molecule has 0 fully saturated rings. The number of unbranched alkanes of at least 4 members (excludes halogenated alkanes) is 3. The van der Waals surface area contributed by atoms with Gasteiger partial charge in [-0.15, -0.1) is 0 Å². The molecular formula is C18H38N6O3. The molecule has 0 spiro atoms. The van der Waals surface area contributed by atoms with Gasteiger partial charge in [0.1, 0.15) is 6.29 Å². The minimum absolute atomic E-state index is 0.350. The predicted octanol–water partition coefficient (Wildman–Crippen LogP) is -1.05. The van der Waals surface area contributed by atoms with Crippen molar-refractivity contribution in [3.05, 3.63) is 0 Å². The molecule has 0 aliphatic rings. The molecule has 9 heteroatoms. The van der Waals surface area contributed by atoms with Crippen LogP contribution in [0.2, 0.25) is 0 Å². The zero-order chi connectivity index (χ0) is 20.7. The van der Waals surface area contributed by atoms with Crippen molar-refractivity contribution in [2.75, 3.05) is 19.6 Å². The molecule has 0 aromatic heterocycles. The largest absolute Gasteiger partial charge is 0.330 e. The summed E-state index contributed by atoms with van der Waals surface area (Å²) in [6, 6.07) is -2.61. The molecule has 0 bridgehead atoms. The van der Waals surface area contributed by atoms with E-state index in [0.29, 0.717) is 70.9 Å². The number of carbonyl (C=O) groups is 3. The van der Waals surface area contributed by atoms with Crippen LogP contribution in [0.4, 0.5) is 0 Å². The van der Waals surface area contributed by atoms with Crippen molar-refractivity contribution in [1.29, 1.82) is 0 Å². The number of aldehydes is 1. The summed E-state index contributed by atoms with van der Waals surface area (Å²) in [5, 5.41) is 0. The van der Waals surface area contributed by atoms with Gasteiger partial charge >= 0.3 is 0 Å². The van der Waals surface area contributed by atoms with Gasteiger partial charge < -0.3 is 33.5 Å². The summed E-state index contributed by atoms with van der Waals surface area (Å²) in [5.41, 5.74) is 28.4. The lowest BCUT2D eigenvalue weighted by Gasteiger charge is -2.31. The van der Waals surface area contributed by atoms with Crippen LogP contribution >= 0.6 is 0 Å². The van der Waals surface area contributed by atoms with Gasteiger partial charge in [-0.25, -0.2) is 0 Å². The molecule has 0 rings (SSSR count). The van der Waals surface area contributed by atoms with Crippen LogP contribution in [0, 0.1) is 0 Å². The molecule has 0 aliphatic heterocycles. The molecule has 0 saturated heterocycles. The first kappa shape index (κ1) is 25.6. The first-order valence-corrected chi connectivity index (χ1v) is 9.88. The number of nitrogens with two attached hydrogens (primary N) is 5. The molecule has 0 heterocycles. The normalized spacial score (nSPS) is 14.4. The number of nitrogens with zero attached hydrogens (tertiary/aromatic N) is 1. The number of amides is 2. The van der Waals surface area contributed by atoms with Gasteiger partial charge in [0.25, 0.3) is 0 Å². The van der Waals surface area contributed by atoms with Crippen molar-refractivity contribution in [2.45, 2.75) is 75.9 Å². The SMILES string of the molecule is NCCCCC(N)C(=O)N(C(=O)C(N)CCCCN)C(C=O)CCCCN. The molecule has 0 radical (unpaired) electrons. The number of carbonyl (C=O) groups excluding carboxylic acids is 3. The highest BCUT2D eigenvalue weighted by Gasteiger charge is 2.34. The third kappa shape index (κ3) is 9.92. The van der Waals surface area contributed by atoms with Gasteiger partial charge in [0.05, 0.1) is 18.1 Å². The Kier molecular flexibility index (Phi) is 14.8. The Balaban J connectivity index is 5.23. The second-order valence-electron chi connectivity index (χ2n) is 6.82. The van der Waals surface area contributed by atoms with E-state index in [0.717, 1.165) is 17.7 Å². The maximum absolute atomic E-state index is 12.8. The molecule has 27 heavy (non-hydrogen) atoms. The summed E-state index contributed by atoms with van der Waals surface area (Å²) < 4.78 is 0. The van der Waals surface area contributed by atoms with E-state index < -0.39 is 29.9 Å². The lowest BCUT2D eigenvalue weighted by atomic mass is 10.0. The van der Waals surface area contributed by atoms with E-state index in [1.807, 2.05) is 0 Å². The fraction of sp³-hybridized carbons (Fsp3) is 0.833. The smallest absolute Gasteiger partial charge is 0.246 e. The predicted molar refractivity (Wildman–Crippen MR) is 106 cm³/mol. The first-order valence-electron chi connectivity index (χ1n) is 9.88. The Morgan fingerprint density at radius 1 is 0.704 bits per heavy atom. The second-order valence-corrected chi connectivity index (χ2v) is 6.82. The van der Waals surface area contributed by atoms with Crippen LogP contribution in [0.1, 0.15) is 57.8 Å². The average molecular weight is 387 g/mol. The van der Waals surface area contributed by atoms with Crippen molar-refractivity contribution in [2.24, 2.45) is 28.7 Å². The molecular weight excluding hydrogens is 348 g/mol. The molecule has 158 valence electrons. The van der Waals surface area contributed by atoms with E-state index in [9.17, 15) is 14.4 Å². The Morgan fingerprint density at radius 2 is 1.07 bits per heavy atom. The lowest BCUT2D eigenvalue weighted by molar-refractivity contribution is -0.151. The maximum atomic E-state index is 12.8. The van der Waals surface area contributed by atoms with Crippen LogP contribution in [-0.2, 0) is 14.4 Å². The van der Waals surface area contributed by atoms with Gasteiger partial charge in [-0.1, -0.05) is 12.8 Å². The molecule has 0 saturated carbocycles. The van der Waals surface area contributed by atoms with Crippen LogP contribution in [0.5, 0.6) is 0 Å². The van der Waals surface area contributed by atoms with Crippen LogP contribution in [0.3, 0.4) is 0 Å². The molecule has 2 amide bonds. The van der Waals surface area contributed by atoms with Crippen molar-refractivity contribution < 1.29 is 14.4 Å². The van der Waals surface area contributed by atoms with E-state index in [-0.39, 0.29) is 0 Å². The summed E-state index contributed by atoms with van der Waals surface area (Å²) in [6.07, 6.45) is 5.91. The van der Waals surface area contributed by atoms with Gasteiger partial charge in [-0.05, 0) is 64.6 Å². The molecule has 0 aromatic rings. The summed E-state index contributed by atoms with van der Waals surface area (Å²) in [5.74, 6) is -1.12.